The normalized spacial score (nSPS) is 11.9. The molecule has 92 valence electrons. The lowest BCUT2D eigenvalue weighted by molar-refractivity contribution is -0.120. The molecule has 0 saturated heterocycles. The zero-order valence-corrected chi connectivity index (χ0v) is 9.73. The van der Waals surface area contributed by atoms with Gasteiger partial charge in [0, 0.05) is 12.5 Å². The van der Waals surface area contributed by atoms with E-state index in [4.69, 9.17) is 5.11 Å². The van der Waals surface area contributed by atoms with E-state index < -0.39 is 11.9 Å². The highest BCUT2D eigenvalue weighted by Gasteiger charge is 2.17. The van der Waals surface area contributed by atoms with Gasteiger partial charge in [-0.3, -0.25) is 9.59 Å². The summed E-state index contributed by atoms with van der Waals surface area (Å²) in [7, 11) is 0. The molecule has 5 nitrogen and oxygen atoms in total. The Morgan fingerprint density at radius 1 is 1.35 bits per heavy atom. The number of nitrogens with one attached hydrogen (secondary N) is 1. The minimum atomic E-state index is -0.597. The number of rotatable bonds is 4. The first-order valence-electron chi connectivity index (χ1n) is 5.31. The molecule has 1 atom stereocenters. The number of hydrogen-bond acceptors (Lipinski definition) is 4. The molecule has 0 aromatic heterocycles. The summed E-state index contributed by atoms with van der Waals surface area (Å²) < 4.78 is 0. The van der Waals surface area contributed by atoms with Crippen molar-refractivity contribution in [1.82, 2.24) is 5.32 Å². The smallest absolute Gasteiger partial charge is 0.255 e. The first-order valence-corrected chi connectivity index (χ1v) is 5.31. The fourth-order valence-electron chi connectivity index (χ4n) is 1.37. The maximum absolute atomic E-state index is 11.7. The molecular weight excluding hydrogens is 222 g/mol. The van der Waals surface area contributed by atoms with Crippen molar-refractivity contribution in [1.29, 1.82) is 0 Å². The van der Waals surface area contributed by atoms with Crippen LogP contribution < -0.4 is 5.32 Å². The number of carbonyl (C=O) groups excluding carboxylic acids is 2. The van der Waals surface area contributed by atoms with Crippen LogP contribution in [-0.2, 0) is 4.79 Å². The van der Waals surface area contributed by atoms with Crippen LogP contribution in [0.5, 0.6) is 11.5 Å². The first-order chi connectivity index (χ1) is 7.95. The summed E-state index contributed by atoms with van der Waals surface area (Å²) in [4.78, 5) is 23.0. The highest BCUT2D eigenvalue weighted by Crippen LogP contribution is 2.22. The third kappa shape index (κ3) is 3.21. The van der Waals surface area contributed by atoms with E-state index in [0.717, 1.165) is 6.07 Å². The summed E-state index contributed by atoms with van der Waals surface area (Å²) in [6, 6.07) is 3.06. The van der Waals surface area contributed by atoms with E-state index in [1.54, 1.807) is 13.8 Å². The largest absolute Gasteiger partial charge is 0.508 e. The van der Waals surface area contributed by atoms with Gasteiger partial charge in [0.15, 0.2) is 5.78 Å². The standard InChI is InChI=1S/C12H15NO4/c1-3-10(15)7(2)13-12(17)9-5-4-8(14)6-11(9)16/h4-7,14,16H,3H2,1-2H3,(H,13,17). The van der Waals surface area contributed by atoms with E-state index in [1.165, 1.54) is 12.1 Å². The number of phenols is 2. The maximum Gasteiger partial charge on any atom is 0.255 e. The highest BCUT2D eigenvalue weighted by molar-refractivity contribution is 5.99. The number of carbonyl (C=O) groups is 2. The Morgan fingerprint density at radius 3 is 2.53 bits per heavy atom. The van der Waals surface area contributed by atoms with Crippen LogP contribution in [0, 0.1) is 0 Å². The quantitative estimate of drug-likeness (QED) is 0.734. The number of benzene rings is 1. The van der Waals surface area contributed by atoms with Gasteiger partial charge in [-0.05, 0) is 19.1 Å². The van der Waals surface area contributed by atoms with Crippen molar-refractivity contribution in [3.63, 3.8) is 0 Å². The van der Waals surface area contributed by atoms with Crippen molar-refractivity contribution in [2.45, 2.75) is 26.3 Å². The van der Waals surface area contributed by atoms with E-state index >= 15 is 0 Å². The predicted molar refractivity (Wildman–Crippen MR) is 62.0 cm³/mol. The maximum atomic E-state index is 11.7. The van der Waals surface area contributed by atoms with E-state index in [9.17, 15) is 14.7 Å². The Kier molecular flexibility index (Phi) is 4.09. The third-order valence-corrected chi connectivity index (χ3v) is 2.40. The Balaban J connectivity index is 2.80. The summed E-state index contributed by atoms with van der Waals surface area (Å²) >= 11 is 0. The second kappa shape index (κ2) is 5.34. The average Bonchev–Trinajstić information content (AvgIpc) is 2.27. The van der Waals surface area contributed by atoms with E-state index in [2.05, 4.69) is 5.32 Å². The fraction of sp³-hybridized carbons (Fsp3) is 0.333. The predicted octanol–water partition coefficient (Wildman–Crippen LogP) is 1.20. The molecule has 0 spiro atoms. The molecule has 5 heteroatoms. The molecule has 1 aromatic carbocycles. The number of ketones is 1. The van der Waals surface area contributed by atoms with Crippen LogP contribution in [0.1, 0.15) is 30.6 Å². The van der Waals surface area contributed by atoms with Crippen LogP contribution >= 0.6 is 0 Å². The lowest BCUT2D eigenvalue weighted by Crippen LogP contribution is -2.38. The van der Waals surface area contributed by atoms with Crippen molar-refractivity contribution in [3.8, 4) is 11.5 Å². The summed E-state index contributed by atoms with van der Waals surface area (Å²) in [6.45, 7) is 3.30. The zero-order chi connectivity index (χ0) is 13.0. The number of Topliss-reactive ketones (excluding diaryl/α,β-unsaturated/α-hetero) is 1. The number of aromatic hydroxyl groups is 2. The number of phenolic OH excluding ortho intramolecular Hbond substituents is 2. The minimum absolute atomic E-state index is 0.0264. The summed E-state index contributed by atoms with van der Waals surface area (Å²) in [5.41, 5.74) is 0.0264. The lowest BCUT2D eigenvalue weighted by atomic mass is 10.1. The average molecular weight is 237 g/mol. The number of amides is 1. The molecule has 3 N–H and O–H groups in total. The first kappa shape index (κ1) is 13.0. The van der Waals surface area contributed by atoms with Gasteiger partial charge in [0.05, 0.1) is 11.6 Å². The topological polar surface area (TPSA) is 86.6 Å². The van der Waals surface area contributed by atoms with Gasteiger partial charge in [0.2, 0.25) is 0 Å². The SMILES string of the molecule is CCC(=O)C(C)NC(=O)c1ccc(O)cc1O. The Hall–Kier alpha value is -2.04. The lowest BCUT2D eigenvalue weighted by Gasteiger charge is -2.12. The van der Waals surface area contributed by atoms with Gasteiger partial charge in [-0.1, -0.05) is 6.92 Å². The summed E-state index contributed by atoms with van der Waals surface area (Å²) in [5.74, 6) is -1.08. The molecule has 17 heavy (non-hydrogen) atoms. The van der Waals surface area contributed by atoms with Crippen LogP contribution in [0.25, 0.3) is 0 Å². The molecule has 0 fully saturated rings. The molecule has 0 aliphatic heterocycles. The summed E-state index contributed by atoms with van der Waals surface area (Å²) in [6.07, 6.45) is 0.336. The van der Waals surface area contributed by atoms with Crippen LogP contribution in [0.3, 0.4) is 0 Å². The highest BCUT2D eigenvalue weighted by atomic mass is 16.3. The molecule has 0 bridgehead atoms. The van der Waals surface area contributed by atoms with Crippen molar-refractivity contribution < 1.29 is 19.8 Å². The van der Waals surface area contributed by atoms with Crippen LogP contribution in [-0.4, -0.2) is 27.9 Å². The second-order valence-corrected chi connectivity index (χ2v) is 3.72. The van der Waals surface area contributed by atoms with Crippen molar-refractivity contribution in [2.75, 3.05) is 0 Å². The molecular formula is C12H15NO4. The van der Waals surface area contributed by atoms with E-state index in [-0.39, 0.29) is 22.8 Å². The monoisotopic (exact) mass is 237 g/mol. The van der Waals surface area contributed by atoms with Gasteiger partial charge >= 0.3 is 0 Å². The Labute approximate surface area is 99.1 Å². The van der Waals surface area contributed by atoms with E-state index in [1.807, 2.05) is 0 Å². The molecule has 1 amide bonds. The van der Waals surface area contributed by atoms with Crippen LogP contribution in [0.2, 0.25) is 0 Å². The van der Waals surface area contributed by atoms with Gasteiger partial charge in [-0.2, -0.15) is 0 Å². The van der Waals surface area contributed by atoms with Crippen molar-refractivity contribution >= 4 is 11.7 Å². The third-order valence-electron chi connectivity index (χ3n) is 2.40. The molecule has 0 radical (unpaired) electrons. The van der Waals surface area contributed by atoms with E-state index in [0.29, 0.717) is 6.42 Å². The summed E-state index contributed by atoms with van der Waals surface area (Å²) in [5, 5.41) is 21.0. The van der Waals surface area contributed by atoms with Crippen molar-refractivity contribution in [2.24, 2.45) is 0 Å². The second-order valence-electron chi connectivity index (χ2n) is 3.72. The number of hydrogen-bond donors (Lipinski definition) is 3. The van der Waals surface area contributed by atoms with Crippen molar-refractivity contribution in [3.05, 3.63) is 23.8 Å². The molecule has 0 heterocycles. The molecule has 1 rings (SSSR count). The molecule has 0 saturated carbocycles. The fourth-order valence-corrected chi connectivity index (χ4v) is 1.37. The molecule has 0 aliphatic rings. The molecule has 0 aliphatic carbocycles. The zero-order valence-electron chi connectivity index (χ0n) is 9.73. The molecule has 1 aromatic rings. The van der Waals surface area contributed by atoms with Crippen LogP contribution in [0.4, 0.5) is 0 Å². The Morgan fingerprint density at radius 2 is 2.00 bits per heavy atom. The van der Waals surface area contributed by atoms with Crippen LogP contribution in [0.15, 0.2) is 18.2 Å². The van der Waals surface area contributed by atoms with Gasteiger partial charge in [-0.25, -0.2) is 0 Å². The van der Waals surface area contributed by atoms with Gasteiger partial charge in [0.25, 0.3) is 5.91 Å². The van der Waals surface area contributed by atoms with Gasteiger partial charge < -0.3 is 15.5 Å². The van der Waals surface area contributed by atoms with Gasteiger partial charge in [-0.15, -0.1) is 0 Å². The Bertz CT molecular complexity index is 442. The minimum Gasteiger partial charge on any atom is -0.508 e. The molecule has 1 unspecified atom stereocenters. The van der Waals surface area contributed by atoms with Gasteiger partial charge in [0.1, 0.15) is 11.5 Å².